The summed E-state index contributed by atoms with van der Waals surface area (Å²) in [6, 6.07) is 3.43. The zero-order valence-corrected chi connectivity index (χ0v) is 15.6. The van der Waals surface area contributed by atoms with Crippen molar-refractivity contribution in [3.8, 4) is 11.5 Å². The first-order valence-electron chi connectivity index (χ1n) is 7.76. The Morgan fingerprint density at radius 1 is 1.16 bits per heavy atom. The molecule has 0 bridgehead atoms. The lowest BCUT2D eigenvalue weighted by atomic mass is 10.1. The molecule has 0 heterocycles. The van der Waals surface area contributed by atoms with Crippen LogP contribution in [0.1, 0.15) is 19.4 Å². The van der Waals surface area contributed by atoms with Gasteiger partial charge in [-0.1, -0.05) is 15.9 Å². The predicted molar refractivity (Wildman–Crippen MR) is 90.1 cm³/mol. The Morgan fingerprint density at radius 2 is 1.76 bits per heavy atom. The minimum atomic E-state index is -4.37. The predicted octanol–water partition coefficient (Wildman–Crippen LogP) is 3.48. The smallest absolute Gasteiger partial charge is 0.411 e. The molecule has 5 nitrogen and oxygen atoms in total. The van der Waals surface area contributed by atoms with Crippen LogP contribution in [0.15, 0.2) is 16.6 Å². The van der Waals surface area contributed by atoms with Crippen LogP contribution in [-0.4, -0.2) is 45.1 Å². The van der Waals surface area contributed by atoms with Crippen LogP contribution in [0.3, 0.4) is 0 Å². The van der Waals surface area contributed by atoms with E-state index in [-0.39, 0.29) is 25.5 Å². The second-order valence-corrected chi connectivity index (χ2v) is 5.81. The van der Waals surface area contributed by atoms with E-state index < -0.39 is 12.8 Å². The molecule has 1 aromatic rings. The summed E-state index contributed by atoms with van der Waals surface area (Å²) in [4.78, 5) is 11.9. The average molecular weight is 428 g/mol. The molecule has 0 unspecified atom stereocenters. The summed E-state index contributed by atoms with van der Waals surface area (Å²) in [7, 11) is 0. The van der Waals surface area contributed by atoms with Gasteiger partial charge >= 0.3 is 6.18 Å². The highest BCUT2D eigenvalue weighted by Crippen LogP contribution is 2.34. The first-order chi connectivity index (χ1) is 11.8. The SMILES string of the molecule is CCOc1cc(Br)c(CC(=O)NCCOCC(F)(F)F)cc1OCC. The topological polar surface area (TPSA) is 56.8 Å². The summed E-state index contributed by atoms with van der Waals surface area (Å²) in [5, 5.41) is 2.51. The van der Waals surface area contributed by atoms with E-state index in [1.165, 1.54) is 0 Å². The van der Waals surface area contributed by atoms with Gasteiger partial charge in [-0.2, -0.15) is 13.2 Å². The van der Waals surface area contributed by atoms with Crippen LogP contribution in [0.4, 0.5) is 13.2 Å². The van der Waals surface area contributed by atoms with Gasteiger partial charge < -0.3 is 19.5 Å². The highest BCUT2D eigenvalue weighted by Gasteiger charge is 2.27. The number of hydrogen-bond donors (Lipinski definition) is 1. The van der Waals surface area contributed by atoms with Gasteiger partial charge in [0.05, 0.1) is 26.2 Å². The Bertz CT molecular complexity index is 567. The highest BCUT2D eigenvalue weighted by molar-refractivity contribution is 9.10. The van der Waals surface area contributed by atoms with Crippen molar-refractivity contribution >= 4 is 21.8 Å². The van der Waals surface area contributed by atoms with Crippen LogP contribution in [0.5, 0.6) is 11.5 Å². The Morgan fingerprint density at radius 3 is 2.32 bits per heavy atom. The third kappa shape index (κ3) is 8.44. The Hall–Kier alpha value is -1.48. The molecule has 25 heavy (non-hydrogen) atoms. The number of ether oxygens (including phenoxy) is 3. The molecule has 0 aromatic heterocycles. The number of hydrogen-bond acceptors (Lipinski definition) is 4. The molecule has 9 heteroatoms. The zero-order chi connectivity index (χ0) is 18.9. The summed E-state index contributed by atoms with van der Waals surface area (Å²) in [5.41, 5.74) is 0.681. The van der Waals surface area contributed by atoms with Gasteiger partial charge in [-0.3, -0.25) is 4.79 Å². The maximum atomic E-state index is 11.9. The lowest BCUT2D eigenvalue weighted by Crippen LogP contribution is -2.30. The highest BCUT2D eigenvalue weighted by atomic mass is 79.9. The minimum Gasteiger partial charge on any atom is -0.490 e. The van der Waals surface area contributed by atoms with Crippen LogP contribution in [0.2, 0.25) is 0 Å². The van der Waals surface area contributed by atoms with Crippen molar-refractivity contribution < 1.29 is 32.2 Å². The molecule has 0 spiro atoms. The van der Waals surface area contributed by atoms with Crippen molar-refractivity contribution in [2.24, 2.45) is 0 Å². The Labute approximate surface area is 152 Å². The first-order valence-corrected chi connectivity index (χ1v) is 8.55. The molecular formula is C16H21BrF3NO4. The summed E-state index contributed by atoms with van der Waals surface area (Å²) < 4.78 is 51.9. The maximum absolute atomic E-state index is 11.9. The molecule has 0 fully saturated rings. The second-order valence-electron chi connectivity index (χ2n) is 4.95. The number of nitrogens with one attached hydrogen (secondary N) is 1. The van der Waals surface area contributed by atoms with E-state index >= 15 is 0 Å². The van der Waals surface area contributed by atoms with E-state index in [1.807, 2.05) is 13.8 Å². The molecule has 0 aliphatic carbocycles. The number of carbonyl (C=O) groups excluding carboxylic acids is 1. The molecule has 1 aromatic carbocycles. The number of benzene rings is 1. The fourth-order valence-electron chi connectivity index (χ4n) is 1.94. The van der Waals surface area contributed by atoms with Crippen molar-refractivity contribution in [1.82, 2.24) is 5.32 Å². The summed E-state index contributed by atoms with van der Waals surface area (Å²) in [5.74, 6) is 0.771. The quantitative estimate of drug-likeness (QED) is 0.580. The molecule has 1 rings (SSSR count). The van der Waals surface area contributed by atoms with E-state index in [4.69, 9.17) is 9.47 Å². The number of alkyl halides is 3. The number of carbonyl (C=O) groups is 1. The minimum absolute atomic E-state index is 0.00186. The number of amides is 1. The van der Waals surface area contributed by atoms with Crippen molar-refractivity contribution in [1.29, 1.82) is 0 Å². The van der Waals surface area contributed by atoms with Crippen LogP contribution in [-0.2, 0) is 16.0 Å². The molecule has 0 aliphatic heterocycles. The van der Waals surface area contributed by atoms with Gasteiger partial charge in [0.25, 0.3) is 0 Å². The second kappa shape index (κ2) is 10.5. The van der Waals surface area contributed by atoms with Crippen molar-refractivity contribution in [3.05, 3.63) is 22.2 Å². The van der Waals surface area contributed by atoms with E-state index in [2.05, 4.69) is 26.0 Å². The monoisotopic (exact) mass is 427 g/mol. The molecule has 0 saturated carbocycles. The third-order valence-corrected chi connectivity index (χ3v) is 3.64. The standard InChI is InChI=1S/C16H21BrF3NO4/c1-3-24-13-7-11(12(17)9-14(13)25-4-2)8-15(22)21-5-6-23-10-16(18,19)20/h7,9H,3-6,8,10H2,1-2H3,(H,21,22). The molecular weight excluding hydrogens is 407 g/mol. The normalized spacial score (nSPS) is 11.3. The molecule has 1 amide bonds. The zero-order valence-electron chi connectivity index (χ0n) is 14.0. The largest absolute Gasteiger partial charge is 0.490 e. The third-order valence-electron chi connectivity index (χ3n) is 2.90. The van der Waals surface area contributed by atoms with Crippen LogP contribution in [0, 0.1) is 0 Å². The summed E-state index contributed by atoms with van der Waals surface area (Å²) >= 11 is 3.38. The van der Waals surface area contributed by atoms with Crippen molar-refractivity contribution in [2.45, 2.75) is 26.4 Å². The lowest BCUT2D eigenvalue weighted by molar-refractivity contribution is -0.173. The Balaban J connectivity index is 2.57. The molecule has 0 atom stereocenters. The van der Waals surface area contributed by atoms with Gasteiger partial charge in [0, 0.05) is 11.0 Å². The van der Waals surface area contributed by atoms with E-state index in [9.17, 15) is 18.0 Å². The van der Waals surface area contributed by atoms with E-state index in [0.29, 0.717) is 34.7 Å². The van der Waals surface area contributed by atoms with Gasteiger partial charge in [0.15, 0.2) is 11.5 Å². The fourth-order valence-corrected chi connectivity index (χ4v) is 2.40. The van der Waals surface area contributed by atoms with E-state index in [1.54, 1.807) is 12.1 Å². The molecule has 0 radical (unpaired) electrons. The van der Waals surface area contributed by atoms with Crippen molar-refractivity contribution in [3.63, 3.8) is 0 Å². The van der Waals surface area contributed by atoms with Crippen LogP contribution < -0.4 is 14.8 Å². The molecule has 0 aliphatic rings. The number of rotatable bonds is 10. The van der Waals surface area contributed by atoms with Gasteiger partial charge in [-0.15, -0.1) is 0 Å². The van der Waals surface area contributed by atoms with Crippen LogP contribution >= 0.6 is 15.9 Å². The Kier molecular flexibility index (Phi) is 9.05. The average Bonchev–Trinajstić information content (AvgIpc) is 2.50. The van der Waals surface area contributed by atoms with E-state index in [0.717, 1.165) is 0 Å². The fraction of sp³-hybridized carbons (Fsp3) is 0.562. The van der Waals surface area contributed by atoms with Gasteiger partial charge in [-0.05, 0) is 31.5 Å². The van der Waals surface area contributed by atoms with Gasteiger partial charge in [0.2, 0.25) is 5.91 Å². The molecule has 1 N–H and O–H groups in total. The summed E-state index contributed by atoms with van der Waals surface area (Å²) in [6.07, 6.45) is -4.32. The van der Waals surface area contributed by atoms with Gasteiger partial charge in [0.1, 0.15) is 6.61 Å². The maximum Gasteiger partial charge on any atom is 0.411 e. The molecule has 142 valence electrons. The van der Waals surface area contributed by atoms with Crippen LogP contribution in [0.25, 0.3) is 0 Å². The summed E-state index contributed by atoms with van der Waals surface area (Å²) in [6.45, 7) is 3.08. The lowest BCUT2D eigenvalue weighted by Gasteiger charge is -2.14. The number of halogens is 4. The van der Waals surface area contributed by atoms with Crippen molar-refractivity contribution in [2.75, 3.05) is 33.0 Å². The molecule has 0 saturated heterocycles. The first kappa shape index (κ1) is 21.6. The van der Waals surface area contributed by atoms with Gasteiger partial charge in [-0.25, -0.2) is 0 Å².